The Morgan fingerprint density at radius 1 is 1.38 bits per heavy atom. The van der Waals surface area contributed by atoms with E-state index in [1.165, 1.54) is 6.92 Å². The lowest BCUT2D eigenvalue weighted by Gasteiger charge is -2.30. The molecule has 0 bridgehead atoms. The van der Waals surface area contributed by atoms with Gasteiger partial charge in [-0.3, -0.25) is 14.5 Å². The van der Waals surface area contributed by atoms with Gasteiger partial charge in [0.15, 0.2) is 11.8 Å². The van der Waals surface area contributed by atoms with Crippen LogP contribution in [0.25, 0.3) is 0 Å². The molecule has 0 aliphatic carbocycles. The highest BCUT2D eigenvalue weighted by atomic mass is 16.4. The maximum absolute atomic E-state index is 11.0. The third-order valence-electron chi connectivity index (χ3n) is 2.14. The number of hydrogen-bond acceptors (Lipinski definition) is 4. The van der Waals surface area contributed by atoms with Gasteiger partial charge < -0.3 is 10.4 Å². The summed E-state index contributed by atoms with van der Waals surface area (Å²) in [4.78, 5) is 23.5. The predicted octanol–water partition coefficient (Wildman–Crippen LogP) is -1.07. The Labute approximate surface area is 76.7 Å². The molecule has 0 radical (unpaired) electrons. The Bertz CT molecular complexity index is 197. The van der Waals surface area contributed by atoms with E-state index < -0.39 is 12.0 Å². The molecule has 1 rings (SSSR count). The number of nitrogens with zero attached hydrogens (tertiary/aromatic N) is 1. The summed E-state index contributed by atoms with van der Waals surface area (Å²) in [6, 6.07) is -0.956. The number of aliphatic carboxylic acids is 1. The molecule has 0 aromatic heterocycles. The Morgan fingerprint density at radius 3 is 2.31 bits per heavy atom. The summed E-state index contributed by atoms with van der Waals surface area (Å²) in [6.07, 6.45) is 0. The molecular weight excluding hydrogens is 172 g/mol. The molecule has 1 fully saturated rings. The van der Waals surface area contributed by atoms with Gasteiger partial charge in [0.05, 0.1) is 0 Å². The summed E-state index contributed by atoms with van der Waals surface area (Å²) in [5.41, 5.74) is 0. The van der Waals surface area contributed by atoms with Gasteiger partial charge in [-0.25, -0.2) is 0 Å². The standard InChI is InChI=1S/C8H14N2O3/c1-6(11)7(8(12)13)10-4-2-9-3-5-10/h7,9H,2-5H2,1H3,(H,12,13). The van der Waals surface area contributed by atoms with Crippen LogP contribution in [0.1, 0.15) is 6.92 Å². The average molecular weight is 186 g/mol. The molecule has 1 aliphatic heterocycles. The number of Topliss-reactive ketones (excluding diaryl/α,β-unsaturated/α-hetero) is 1. The largest absolute Gasteiger partial charge is 0.480 e. The van der Waals surface area contributed by atoms with Crippen LogP contribution in [0.2, 0.25) is 0 Å². The third kappa shape index (κ3) is 2.50. The van der Waals surface area contributed by atoms with Crippen LogP contribution < -0.4 is 5.32 Å². The highest BCUT2D eigenvalue weighted by Crippen LogP contribution is 2.02. The van der Waals surface area contributed by atoms with Gasteiger partial charge in [0, 0.05) is 26.2 Å². The van der Waals surface area contributed by atoms with Gasteiger partial charge in [-0.15, -0.1) is 0 Å². The molecule has 0 aromatic rings. The molecule has 0 aromatic carbocycles. The highest BCUT2D eigenvalue weighted by molar-refractivity contribution is 6.01. The van der Waals surface area contributed by atoms with E-state index in [1.54, 1.807) is 4.90 Å². The fraction of sp³-hybridized carbons (Fsp3) is 0.750. The number of carbonyl (C=O) groups excluding carboxylic acids is 1. The number of carboxylic acids is 1. The summed E-state index contributed by atoms with van der Waals surface area (Å²) < 4.78 is 0. The zero-order valence-corrected chi connectivity index (χ0v) is 7.62. The van der Waals surface area contributed by atoms with E-state index in [9.17, 15) is 9.59 Å². The SMILES string of the molecule is CC(=O)C(C(=O)O)N1CCNCC1. The zero-order chi connectivity index (χ0) is 9.84. The Morgan fingerprint density at radius 2 is 1.92 bits per heavy atom. The van der Waals surface area contributed by atoms with Crippen molar-refractivity contribution in [2.45, 2.75) is 13.0 Å². The van der Waals surface area contributed by atoms with E-state index in [1.807, 2.05) is 0 Å². The Hall–Kier alpha value is -0.940. The minimum atomic E-state index is -1.05. The van der Waals surface area contributed by atoms with E-state index in [2.05, 4.69) is 5.32 Å². The van der Waals surface area contributed by atoms with Crippen molar-refractivity contribution in [2.75, 3.05) is 26.2 Å². The van der Waals surface area contributed by atoms with Crippen LogP contribution >= 0.6 is 0 Å². The fourth-order valence-electron chi connectivity index (χ4n) is 1.53. The third-order valence-corrected chi connectivity index (χ3v) is 2.14. The number of nitrogens with one attached hydrogen (secondary N) is 1. The van der Waals surface area contributed by atoms with E-state index in [-0.39, 0.29) is 5.78 Å². The number of hydrogen-bond donors (Lipinski definition) is 2. The first-order chi connectivity index (χ1) is 6.13. The van der Waals surface area contributed by atoms with Crippen molar-refractivity contribution in [1.82, 2.24) is 10.2 Å². The summed E-state index contributed by atoms with van der Waals surface area (Å²) in [7, 11) is 0. The second kappa shape index (κ2) is 4.34. The number of piperazine rings is 1. The molecule has 0 saturated carbocycles. The van der Waals surface area contributed by atoms with Crippen molar-refractivity contribution in [3.8, 4) is 0 Å². The smallest absolute Gasteiger partial charge is 0.328 e. The quantitative estimate of drug-likeness (QED) is 0.549. The summed E-state index contributed by atoms with van der Waals surface area (Å²) in [6.45, 7) is 4.06. The lowest BCUT2D eigenvalue weighted by molar-refractivity contribution is -0.147. The first kappa shape index (κ1) is 10.1. The van der Waals surface area contributed by atoms with Gasteiger partial charge in [0.2, 0.25) is 0 Å². The molecule has 74 valence electrons. The van der Waals surface area contributed by atoms with E-state index >= 15 is 0 Å². The zero-order valence-electron chi connectivity index (χ0n) is 7.62. The molecule has 0 spiro atoms. The molecule has 0 amide bonds. The first-order valence-electron chi connectivity index (χ1n) is 4.31. The average Bonchev–Trinajstić information content (AvgIpc) is 2.04. The van der Waals surface area contributed by atoms with Crippen LogP contribution in [0.4, 0.5) is 0 Å². The number of carboxylic acid groups (broad SMARTS) is 1. The topological polar surface area (TPSA) is 69.6 Å². The maximum atomic E-state index is 11.0. The van der Waals surface area contributed by atoms with Gasteiger partial charge in [-0.1, -0.05) is 0 Å². The summed E-state index contributed by atoms with van der Waals surface area (Å²) in [5, 5.41) is 11.9. The van der Waals surface area contributed by atoms with Crippen LogP contribution in [-0.4, -0.2) is 54.0 Å². The molecule has 2 N–H and O–H groups in total. The normalized spacial score (nSPS) is 21.0. The van der Waals surface area contributed by atoms with Crippen molar-refractivity contribution in [3.63, 3.8) is 0 Å². The van der Waals surface area contributed by atoms with Crippen LogP contribution in [-0.2, 0) is 9.59 Å². The molecule has 1 unspecified atom stereocenters. The van der Waals surface area contributed by atoms with Crippen molar-refractivity contribution in [1.29, 1.82) is 0 Å². The van der Waals surface area contributed by atoms with Gasteiger partial charge in [0.25, 0.3) is 0 Å². The molecular formula is C8H14N2O3. The molecule has 13 heavy (non-hydrogen) atoms. The molecule has 5 heteroatoms. The molecule has 1 saturated heterocycles. The Balaban J connectivity index is 2.62. The molecule has 1 atom stereocenters. The first-order valence-corrected chi connectivity index (χ1v) is 4.31. The molecule has 1 heterocycles. The van der Waals surface area contributed by atoms with Crippen molar-refractivity contribution < 1.29 is 14.7 Å². The number of ketones is 1. The van der Waals surface area contributed by atoms with Gasteiger partial charge in [-0.2, -0.15) is 0 Å². The number of rotatable bonds is 3. The predicted molar refractivity (Wildman–Crippen MR) is 46.5 cm³/mol. The Kier molecular flexibility index (Phi) is 3.39. The number of carbonyl (C=O) groups is 2. The van der Waals surface area contributed by atoms with E-state index in [0.29, 0.717) is 13.1 Å². The van der Waals surface area contributed by atoms with Crippen LogP contribution in [0.5, 0.6) is 0 Å². The highest BCUT2D eigenvalue weighted by Gasteiger charge is 2.30. The fourth-order valence-corrected chi connectivity index (χ4v) is 1.53. The maximum Gasteiger partial charge on any atom is 0.328 e. The molecule has 5 nitrogen and oxygen atoms in total. The van der Waals surface area contributed by atoms with Crippen LogP contribution in [0.15, 0.2) is 0 Å². The minimum absolute atomic E-state index is 0.297. The van der Waals surface area contributed by atoms with Crippen LogP contribution in [0, 0.1) is 0 Å². The van der Waals surface area contributed by atoms with E-state index in [4.69, 9.17) is 5.11 Å². The van der Waals surface area contributed by atoms with Crippen molar-refractivity contribution >= 4 is 11.8 Å². The monoisotopic (exact) mass is 186 g/mol. The lowest BCUT2D eigenvalue weighted by atomic mass is 10.1. The van der Waals surface area contributed by atoms with Gasteiger partial charge in [-0.05, 0) is 6.92 Å². The second-order valence-corrected chi connectivity index (χ2v) is 3.14. The lowest BCUT2D eigenvalue weighted by Crippen LogP contribution is -2.53. The van der Waals surface area contributed by atoms with Gasteiger partial charge in [0.1, 0.15) is 0 Å². The van der Waals surface area contributed by atoms with Crippen LogP contribution in [0.3, 0.4) is 0 Å². The van der Waals surface area contributed by atoms with E-state index in [0.717, 1.165) is 13.1 Å². The summed E-state index contributed by atoms with van der Waals surface area (Å²) in [5.74, 6) is -1.34. The minimum Gasteiger partial charge on any atom is -0.480 e. The van der Waals surface area contributed by atoms with Crippen molar-refractivity contribution in [3.05, 3.63) is 0 Å². The summed E-state index contributed by atoms with van der Waals surface area (Å²) >= 11 is 0. The van der Waals surface area contributed by atoms with Gasteiger partial charge >= 0.3 is 5.97 Å². The molecule has 1 aliphatic rings. The van der Waals surface area contributed by atoms with Crippen molar-refractivity contribution in [2.24, 2.45) is 0 Å². The second-order valence-electron chi connectivity index (χ2n) is 3.14.